The zero-order valence-electron chi connectivity index (χ0n) is 14.0. The summed E-state index contributed by atoms with van der Waals surface area (Å²) in [6.07, 6.45) is 8.82. The molecule has 1 aromatic heterocycles. The topological polar surface area (TPSA) is 47.0 Å². The lowest BCUT2D eigenvalue weighted by Gasteiger charge is -2.08. The van der Waals surface area contributed by atoms with Gasteiger partial charge in [-0.2, -0.15) is 0 Å². The fourth-order valence-electron chi connectivity index (χ4n) is 2.19. The maximum absolute atomic E-state index is 5.69. The van der Waals surface area contributed by atoms with E-state index in [1.54, 1.807) is 0 Å². The normalized spacial score (nSPS) is 10.8. The van der Waals surface area contributed by atoms with Crippen LogP contribution < -0.4 is 5.32 Å². The van der Waals surface area contributed by atoms with Gasteiger partial charge < -0.3 is 10.1 Å². The van der Waals surface area contributed by atoms with Crippen molar-refractivity contribution < 1.29 is 4.74 Å². The summed E-state index contributed by atoms with van der Waals surface area (Å²) in [5.74, 6) is 1.68. The van der Waals surface area contributed by atoms with Gasteiger partial charge in [-0.3, -0.25) is 0 Å². The minimum absolute atomic E-state index is 0.511. The van der Waals surface area contributed by atoms with Crippen LogP contribution in [-0.2, 0) is 11.3 Å². The third kappa shape index (κ3) is 8.66. The Morgan fingerprint density at radius 1 is 1.00 bits per heavy atom. The van der Waals surface area contributed by atoms with Crippen LogP contribution in [0.4, 0.5) is 5.82 Å². The lowest BCUT2D eigenvalue weighted by Crippen LogP contribution is -2.07. The quantitative estimate of drug-likeness (QED) is 0.577. The molecule has 0 atom stereocenters. The number of unbranched alkanes of at least 4 members (excludes halogenated alkanes) is 5. The number of ether oxygens (including phenoxy) is 1. The summed E-state index contributed by atoms with van der Waals surface area (Å²) in [6, 6.07) is 1.98. The molecule has 0 aliphatic carbocycles. The molecule has 1 aromatic rings. The van der Waals surface area contributed by atoms with Crippen LogP contribution in [0.1, 0.15) is 70.3 Å². The van der Waals surface area contributed by atoms with Crippen molar-refractivity contribution in [1.29, 1.82) is 0 Å². The Labute approximate surface area is 129 Å². The average molecular weight is 293 g/mol. The van der Waals surface area contributed by atoms with E-state index in [1.165, 1.54) is 32.1 Å². The van der Waals surface area contributed by atoms with Crippen LogP contribution in [0.15, 0.2) is 6.07 Å². The molecule has 4 heteroatoms. The summed E-state index contributed by atoms with van der Waals surface area (Å²) in [7, 11) is 0. The molecule has 0 saturated carbocycles. The van der Waals surface area contributed by atoms with E-state index >= 15 is 0 Å². The lowest BCUT2D eigenvalue weighted by atomic mass is 10.1. The van der Waals surface area contributed by atoms with E-state index in [0.717, 1.165) is 43.3 Å². The molecule has 0 bridgehead atoms. The summed E-state index contributed by atoms with van der Waals surface area (Å²) in [4.78, 5) is 8.91. The van der Waals surface area contributed by atoms with Crippen LogP contribution >= 0.6 is 0 Å². The second kappa shape index (κ2) is 11.5. The summed E-state index contributed by atoms with van der Waals surface area (Å²) in [5, 5.41) is 3.30. The highest BCUT2D eigenvalue weighted by Gasteiger charge is 2.02. The molecule has 1 N–H and O–H groups in total. The molecule has 0 aliphatic rings. The average Bonchev–Trinajstić information content (AvgIpc) is 2.47. The zero-order valence-corrected chi connectivity index (χ0v) is 14.0. The van der Waals surface area contributed by atoms with Crippen molar-refractivity contribution in [3.8, 4) is 0 Å². The van der Waals surface area contributed by atoms with Crippen molar-refractivity contribution in [3.63, 3.8) is 0 Å². The standard InChI is InChI=1S/C17H31N3O/c1-4-6-7-8-9-10-12-21-14-17-19-15(3)13-16(20-17)18-11-5-2/h13H,4-12,14H2,1-3H3,(H,18,19,20). The second-order valence-electron chi connectivity index (χ2n) is 5.56. The van der Waals surface area contributed by atoms with Crippen molar-refractivity contribution in [3.05, 3.63) is 17.6 Å². The Bertz CT molecular complexity index is 382. The molecule has 0 radical (unpaired) electrons. The second-order valence-corrected chi connectivity index (χ2v) is 5.56. The number of anilines is 1. The molecule has 120 valence electrons. The lowest BCUT2D eigenvalue weighted by molar-refractivity contribution is 0.111. The Morgan fingerprint density at radius 2 is 1.76 bits per heavy atom. The van der Waals surface area contributed by atoms with Gasteiger partial charge in [0, 0.05) is 24.9 Å². The smallest absolute Gasteiger partial charge is 0.156 e. The molecule has 0 amide bonds. The minimum atomic E-state index is 0.511. The highest BCUT2D eigenvalue weighted by Crippen LogP contribution is 2.08. The number of nitrogens with one attached hydrogen (secondary N) is 1. The van der Waals surface area contributed by atoms with E-state index in [1.807, 2.05) is 13.0 Å². The Kier molecular flexibility index (Phi) is 9.79. The molecule has 0 spiro atoms. The van der Waals surface area contributed by atoms with Gasteiger partial charge in [0.05, 0.1) is 0 Å². The minimum Gasteiger partial charge on any atom is -0.373 e. The monoisotopic (exact) mass is 293 g/mol. The molecule has 1 heterocycles. The molecular weight excluding hydrogens is 262 g/mol. The van der Waals surface area contributed by atoms with E-state index in [2.05, 4.69) is 29.1 Å². The van der Waals surface area contributed by atoms with Gasteiger partial charge >= 0.3 is 0 Å². The molecule has 0 aromatic carbocycles. The number of hydrogen-bond donors (Lipinski definition) is 1. The van der Waals surface area contributed by atoms with Crippen LogP contribution in [0.5, 0.6) is 0 Å². The summed E-state index contributed by atoms with van der Waals surface area (Å²) < 4.78 is 5.69. The summed E-state index contributed by atoms with van der Waals surface area (Å²) in [5.41, 5.74) is 0.988. The molecule has 1 rings (SSSR count). The van der Waals surface area contributed by atoms with E-state index < -0.39 is 0 Å². The molecule has 0 saturated heterocycles. The molecule has 0 aliphatic heterocycles. The predicted molar refractivity (Wildman–Crippen MR) is 88.6 cm³/mol. The highest BCUT2D eigenvalue weighted by atomic mass is 16.5. The first-order valence-corrected chi connectivity index (χ1v) is 8.42. The third-order valence-electron chi connectivity index (χ3n) is 3.33. The highest BCUT2D eigenvalue weighted by molar-refractivity contribution is 5.35. The van der Waals surface area contributed by atoms with Gasteiger partial charge in [-0.05, 0) is 19.8 Å². The van der Waals surface area contributed by atoms with Gasteiger partial charge in [-0.15, -0.1) is 0 Å². The fraction of sp³-hybridized carbons (Fsp3) is 0.765. The first-order valence-electron chi connectivity index (χ1n) is 8.42. The first kappa shape index (κ1) is 17.9. The first-order chi connectivity index (χ1) is 10.3. The van der Waals surface area contributed by atoms with Gasteiger partial charge in [-0.25, -0.2) is 9.97 Å². The van der Waals surface area contributed by atoms with Crippen molar-refractivity contribution >= 4 is 5.82 Å². The number of hydrogen-bond acceptors (Lipinski definition) is 4. The van der Waals surface area contributed by atoms with Gasteiger partial charge in [-0.1, -0.05) is 46.0 Å². The van der Waals surface area contributed by atoms with Gasteiger partial charge in [0.2, 0.25) is 0 Å². The fourth-order valence-corrected chi connectivity index (χ4v) is 2.19. The van der Waals surface area contributed by atoms with Crippen LogP contribution in [0.25, 0.3) is 0 Å². The zero-order chi connectivity index (χ0) is 15.3. The van der Waals surface area contributed by atoms with Crippen LogP contribution in [0, 0.1) is 6.92 Å². The third-order valence-corrected chi connectivity index (χ3v) is 3.33. The van der Waals surface area contributed by atoms with Crippen molar-refractivity contribution in [2.45, 2.75) is 72.3 Å². The Hall–Kier alpha value is -1.16. The molecular formula is C17H31N3O. The van der Waals surface area contributed by atoms with Gasteiger partial charge in [0.25, 0.3) is 0 Å². The molecule has 4 nitrogen and oxygen atoms in total. The van der Waals surface area contributed by atoms with Crippen LogP contribution in [0.3, 0.4) is 0 Å². The molecule has 0 fully saturated rings. The SMILES string of the molecule is CCCCCCCCOCc1nc(C)cc(NCCC)n1. The van der Waals surface area contributed by atoms with E-state index in [4.69, 9.17) is 4.74 Å². The number of rotatable bonds is 12. The maximum Gasteiger partial charge on any atom is 0.156 e. The predicted octanol–water partition coefficient (Wildman–Crippen LogP) is 4.48. The summed E-state index contributed by atoms with van der Waals surface area (Å²) >= 11 is 0. The van der Waals surface area contributed by atoms with Crippen LogP contribution in [-0.4, -0.2) is 23.1 Å². The Balaban J connectivity index is 2.20. The van der Waals surface area contributed by atoms with E-state index in [-0.39, 0.29) is 0 Å². The van der Waals surface area contributed by atoms with E-state index in [0.29, 0.717) is 6.61 Å². The molecule has 0 unspecified atom stereocenters. The van der Waals surface area contributed by atoms with Crippen molar-refractivity contribution in [2.75, 3.05) is 18.5 Å². The Morgan fingerprint density at radius 3 is 2.52 bits per heavy atom. The van der Waals surface area contributed by atoms with E-state index in [9.17, 15) is 0 Å². The number of aryl methyl sites for hydroxylation is 1. The van der Waals surface area contributed by atoms with Gasteiger partial charge in [0.15, 0.2) is 5.82 Å². The van der Waals surface area contributed by atoms with Crippen LogP contribution in [0.2, 0.25) is 0 Å². The maximum atomic E-state index is 5.69. The molecule has 21 heavy (non-hydrogen) atoms. The van der Waals surface area contributed by atoms with Gasteiger partial charge in [0.1, 0.15) is 12.4 Å². The largest absolute Gasteiger partial charge is 0.373 e. The number of aromatic nitrogens is 2. The number of nitrogens with zero attached hydrogens (tertiary/aromatic N) is 2. The summed E-state index contributed by atoms with van der Waals surface area (Å²) in [6.45, 7) is 8.64. The van der Waals surface area contributed by atoms with Crippen molar-refractivity contribution in [1.82, 2.24) is 9.97 Å². The van der Waals surface area contributed by atoms with Crippen molar-refractivity contribution in [2.24, 2.45) is 0 Å².